The van der Waals surface area contributed by atoms with Gasteiger partial charge in [-0.25, -0.2) is 4.79 Å². The Bertz CT molecular complexity index is 369. The Morgan fingerprint density at radius 3 is 2.35 bits per heavy atom. The third-order valence-electron chi connectivity index (χ3n) is 3.63. The van der Waals surface area contributed by atoms with Crippen LogP contribution in [0.2, 0.25) is 0 Å². The second kappa shape index (κ2) is 7.72. The number of rotatable bonds is 6. The number of carboxylic acids is 1. The lowest BCUT2D eigenvalue weighted by Gasteiger charge is -2.19. The Balaban J connectivity index is 2.27. The van der Waals surface area contributed by atoms with Gasteiger partial charge in [0.1, 0.15) is 0 Å². The number of likely N-dealkylation sites (N-methyl/N-ethyl adjacent to an activating group) is 1. The molecule has 0 saturated heterocycles. The highest BCUT2D eigenvalue weighted by Gasteiger charge is 2.30. The van der Waals surface area contributed by atoms with Crippen molar-refractivity contribution in [3.05, 3.63) is 0 Å². The van der Waals surface area contributed by atoms with Crippen LogP contribution in [0.3, 0.4) is 0 Å². The number of carbonyl (C=O) groups excluding carboxylic acids is 2. The highest BCUT2D eigenvalue weighted by molar-refractivity contribution is 5.84. The molecule has 114 valence electrons. The average molecular weight is 285 g/mol. The lowest BCUT2D eigenvalue weighted by Crippen LogP contribution is -2.46. The fourth-order valence-electron chi connectivity index (χ4n) is 2.42. The number of nitrogens with one attached hydrogen (secondary N) is 2. The molecular formula is C13H23N3O4. The van der Waals surface area contributed by atoms with Crippen LogP contribution in [0.1, 0.15) is 33.1 Å². The van der Waals surface area contributed by atoms with E-state index in [2.05, 4.69) is 10.6 Å². The van der Waals surface area contributed by atoms with E-state index in [1.165, 1.54) is 0 Å². The van der Waals surface area contributed by atoms with E-state index in [9.17, 15) is 14.4 Å². The maximum Gasteiger partial charge on any atom is 0.315 e. The van der Waals surface area contributed by atoms with Crippen molar-refractivity contribution in [3.8, 4) is 0 Å². The number of carboxylic acid groups (broad SMARTS) is 1. The summed E-state index contributed by atoms with van der Waals surface area (Å²) in [6.45, 7) is 4.95. The van der Waals surface area contributed by atoms with Crippen molar-refractivity contribution in [1.29, 1.82) is 0 Å². The third kappa shape index (κ3) is 4.71. The molecule has 1 rings (SSSR count). The average Bonchev–Trinajstić information content (AvgIpc) is 2.86. The summed E-state index contributed by atoms with van der Waals surface area (Å²) in [5, 5.41) is 14.1. The number of aliphatic carboxylic acids is 1. The molecule has 1 aliphatic carbocycles. The molecular weight excluding hydrogens is 262 g/mol. The summed E-state index contributed by atoms with van der Waals surface area (Å²) in [7, 11) is 0. The van der Waals surface area contributed by atoms with Crippen molar-refractivity contribution in [2.24, 2.45) is 5.92 Å². The zero-order valence-electron chi connectivity index (χ0n) is 12.0. The minimum absolute atomic E-state index is 0.0391. The van der Waals surface area contributed by atoms with Crippen molar-refractivity contribution < 1.29 is 19.5 Å². The fraction of sp³-hybridized carbons (Fsp3) is 0.769. The molecule has 3 amide bonds. The van der Waals surface area contributed by atoms with Crippen molar-refractivity contribution in [2.45, 2.75) is 39.2 Å². The lowest BCUT2D eigenvalue weighted by molar-refractivity contribution is -0.141. The van der Waals surface area contributed by atoms with Crippen LogP contribution in [-0.2, 0) is 9.59 Å². The summed E-state index contributed by atoms with van der Waals surface area (Å²) < 4.78 is 0. The summed E-state index contributed by atoms with van der Waals surface area (Å²) >= 11 is 0. The van der Waals surface area contributed by atoms with Crippen molar-refractivity contribution in [3.63, 3.8) is 0 Å². The molecule has 1 fully saturated rings. The van der Waals surface area contributed by atoms with Crippen molar-refractivity contribution in [1.82, 2.24) is 15.5 Å². The smallest absolute Gasteiger partial charge is 0.315 e. The highest BCUT2D eigenvalue weighted by atomic mass is 16.4. The van der Waals surface area contributed by atoms with Gasteiger partial charge in [-0.15, -0.1) is 0 Å². The first-order chi connectivity index (χ1) is 9.47. The van der Waals surface area contributed by atoms with Gasteiger partial charge in [-0.05, 0) is 33.1 Å². The molecule has 0 unspecified atom stereocenters. The Kier molecular flexibility index (Phi) is 6.27. The Morgan fingerprint density at radius 1 is 1.20 bits per heavy atom. The van der Waals surface area contributed by atoms with Crippen LogP contribution in [0.5, 0.6) is 0 Å². The van der Waals surface area contributed by atoms with E-state index in [1.807, 2.05) is 13.8 Å². The normalized spacial score (nSPS) is 21.3. The third-order valence-corrected chi connectivity index (χ3v) is 3.63. The first-order valence-electron chi connectivity index (χ1n) is 7.02. The summed E-state index contributed by atoms with van der Waals surface area (Å²) in [5.74, 6) is -1.32. The Hall–Kier alpha value is -1.79. The monoisotopic (exact) mass is 285 g/mol. The SMILES string of the molecule is CCN(CC)C(=O)CNC(=O)N[C@H]1CC[C@@H](C(=O)O)C1. The molecule has 0 spiro atoms. The van der Waals surface area contributed by atoms with Gasteiger partial charge in [0.05, 0.1) is 12.5 Å². The molecule has 0 aromatic rings. The van der Waals surface area contributed by atoms with Gasteiger partial charge in [0.25, 0.3) is 0 Å². The quantitative estimate of drug-likeness (QED) is 0.658. The maximum absolute atomic E-state index is 11.7. The van der Waals surface area contributed by atoms with Gasteiger partial charge in [0, 0.05) is 19.1 Å². The number of hydrogen-bond acceptors (Lipinski definition) is 3. The molecule has 20 heavy (non-hydrogen) atoms. The van der Waals surface area contributed by atoms with Gasteiger partial charge in [0.15, 0.2) is 0 Å². The van der Waals surface area contributed by atoms with E-state index >= 15 is 0 Å². The molecule has 3 N–H and O–H groups in total. The molecule has 0 radical (unpaired) electrons. The van der Waals surface area contributed by atoms with Gasteiger partial charge in [0.2, 0.25) is 5.91 Å². The number of carbonyl (C=O) groups is 3. The molecule has 7 nitrogen and oxygen atoms in total. The summed E-state index contributed by atoms with van der Waals surface area (Å²) in [4.78, 5) is 35.8. The van der Waals surface area contributed by atoms with Crippen LogP contribution in [-0.4, -0.2) is 53.6 Å². The zero-order valence-corrected chi connectivity index (χ0v) is 12.0. The van der Waals surface area contributed by atoms with E-state index in [1.54, 1.807) is 4.90 Å². The Morgan fingerprint density at radius 2 is 1.85 bits per heavy atom. The lowest BCUT2D eigenvalue weighted by atomic mass is 10.1. The van der Waals surface area contributed by atoms with Crippen molar-refractivity contribution >= 4 is 17.9 Å². The maximum atomic E-state index is 11.7. The van der Waals surface area contributed by atoms with Gasteiger partial charge in [-0.1, -0.05) is 0 Å². The molecule has 0 aromatic heterocycles. The van der Waals surface area contributed by atoms with Gasteiger partial charge >= 0.3 is 12.0 Å². The molecule has 1 aliphatic rings. The van der Waals surface area contributed by atoms with E-state index in [0.717, 1.165) is 0 Å². The van der Waals surface area contributed by atoms with E-state index in [-0.39, 0.29) is 24.4 Å². The van der Waals surface area contributed by atoms with Crippen LogP contribution in [0.15, 0.2) is 0 Å². The highest BCUT2D eigenvalue weighted by Crippen LogP contribution is 2.25. The van der Waals surface area contributed by atoms with Crippen LogP contribution in [0.4, 0.5) is 4.79 Å². The molecule has 0 heterocycles. The number of hydrogen-bond donors (Lipinski definition) is 3. The van der Waals surface area contributed by atoms with Crippen LogP contribution in [0, 0.1) is 5.92 Å². The fourth-order valence-corrected chi connectivity index (χ4v) is 2.42. The minimum Gasteiger partial charge on any atom is -0.481 e. The van der Waals surface area contributed by atoms with E-state index in [0.29, 0.717) is 32.4 Å². The number of urea groups is 1. The summed E-state index contributed by atoms with van der Waals surface area (Å²) in [6.07, 6.45) is 1.69. The summed E-state index contributed by atoms with van der Waals surface area (Å²) in [5.41, 5.74) is 0. The second-order valence-electron chi connectivity index (χ2n) is 4.94. The molecule has 1 saturated carbocycles. The Labute approximate surface area is 118 Å². The molecule has 0 bridgehead atoms. The zero-order chi connectivity index (χ0) is 15.1. The number of nitrogens with zero attached hydrogens (tertiary/aromatic N) is 1. The second-order valence-corrected chi connectivity index (χ2v) is 4.94. The number of amides is 3. The topological polar surface area (TPSA) is 98.7 Å². The standard InChI is InChI=1S/C13H23N3O4/c1-3-16(4-2)11(17)8-14-13(20)15-10-6-5-9(7-10)12(18)19/h9-10H,3-8H2,1-2H3,(H,18,19)(H2,14,15,20)/t9-,10+/m1/s1. The predicted molar refractivity (Wildman–Crippen MR) is 73.2 cm³/mol. The summed E-state index contributed by atoms with van der Waals surface area (Å²) in [6, 6.07) is -0.541. The van der Waals surface area contributed by atoms with Crippen LogP contribution in [0.25, 0.3) is 0 Å². The molecule has 0 aliphatic heterocycles. The first-order valence-corrected chi connectivity index (χ1v) is 7.02. The van der Waals surface area contributed by atoms with Gasteiger partial charge in [-0.3, -0.25) is 9.59 Å². The van der Waals surface area contributed by atoms with Gasteiger partial charge in [-0.2, -0.15) is 0 Å². The van der Waals surface area contributed by atoms with E-state index in [4.69, 9.17) is 5.11 Å². The van der Waals surface area contributed by atoms with Crippen LogP contribution < -0.4 is 10.6 Å². The van der Waals surface area contributed by atoms with Gasteiger partial charge < -0.3 is 20.6 Å². The first kappa shape index (κ1) is 16.3. The largest absolute Gasteiger partial charge is 0.481 e. The van der Waals surface area contributed by atoms with Crippen LogP contribution >= 0.6 is 0 Å². The minimum atomic E-state index is -0.814. The predicted octanol–water partition coefficient (Wildman–Crippen LogP) is 0.407. The molecule has 0 aromatic carbocycles. The van der Waals surface area contributed by atoms with Crippen molar-refractivity contribution in [2.75, 3.05) is 19.6 Å². The molecule has 7 heteroatoms. The molecule has 2 atom stereocenters. The van der Waals surface area contributed by atoms with E-state index < -0.39 is 12.0 Å².